The Labute approximate surface area is 148 Å². The van der Waals surface area contributed by atoms with Crippen molar-refractivity contribution < 1.29 is 9.53 Å². The van der Waals surface area contributed by atoms with E-state index in [1.807, 2.05) is 25.3 Å². The van der Waals surface area contributed by atoms with Crippen molar-refractivity contribution in [1.82, 2.24) is 20.9 Å². The molecule has 0 aliphatic heterocycles. The molecule has 0 spiro atoms. The lowest BCUT2D eigenvalue weighted by molar-refractivity contribution is -0.119. The van der Waals surface area contributed by atoms with E-state index in [1.165, 1.54) is 10.9 Å². The van der Waals surface area contributed by atoms with Crippen molar-refractivity contribution in [2.45, 2.75) is 13.3 Å². The summed E-state index contributed by atoms with van der Waals surface area (Å²) in [6.07, 6.45) is 2.91. The molecule has 1 aromatic heterocycles. The Kier molecular flexibility index (Phi) is 7.78. The molecule has 2 aromatic rings. The number of hydrogen-bond acceptors (Lipinski definition) is 3. The van der Waals surface area contributed by atoms with E-state index in [1.54, 1.807) is 7.11 Å². The van der Waals surface area contributed by atoms with E-state index in [9.17, 15) is 4.79 Å². The SMILES string of the molecule is CCNC(=NCC(=O)NCCOC)NCCc1c[nH]c2ccccc12. The first-order valence-corrected chi connectivity index (χ1v) is 8.57. The quantitative estimate of drug-likeness (QED) is 0.310. The van der Waals surface area contributed by atoms with E-state index >= 15 is 0 Å². The third-order valence-corrected chi connectivity index (χ3v) is 3.72. The highest BCUT2D eigenvalue weighted by atomic mass is 16.5. The van der Waals surface area contributed by atoms with Crippen LogP contribution in [0.5, 0.6) is 0 Å². The van der Waals surface area contributed by atoms with Crippen LogP contribution in [0.15, 0.2) is 35.5 Å². The highest BCUT2D eigenvalue weighted by Gasteiger charge is 2.04. The highest BCUT2D eigenvalue weighted by molar-refractivity contribution is 5.85. The van der Waals surface area contributed by atoms with Crippen molar-refractivity contribution in [2.24, 2.45) is 4.99 Å². The summed E-state index contributed by atoms with van der Waals surface area (Å²) in [7, 11) is 1.60. The van der Waals surface area contributed by atoms with Gasteiger partial charge in [-0.15, -0.1) is 0 Å². The molecule has 0 radical (unpaired) electrons. The molecule has 1 amide bonds. The highest BCUT2D eigenvalue weighted by Crippen LogP contribution is 2.17. The zero-order valence-corrected chi connectivity index (χ0v) is 14.9. The van der Waals surface area contributed by atoms with Crippen LogP contribution in [0.3, 0.4) is 0 Å². The van der Waals surface area contributed by atoms with E-state index in [0.717, 1.165) is 25.0 Å². The normalized spacial score (nSPS) is 11.5. The van der Waals surface area contributed by atoms with Crippen LogP contribution in [0.4, 0.5) is 0 Å². The van der Waals surface area contributed by atoms with Crippen LogP contribution < -0.4 is 16.0 Å². The van der Waals surface area contributed by atoms with Crippen LogP contribution in [-0.4, -0.2) is 56.7 Å². The molecule has 1 heterocycles. The van der Waals surface area contributed by atoms with E-state index in [0.29, 0.717) is 19.1 Å². The number of methoxy groups -OCH3 is 1. The van der Waals surface area contributed by atoms with Crippen LogP contribution >= 0.6 is 0 Å². The average Bonchev–Trinajstić information content (AvgIpc) is 3.03. The van der Waals surface area contributed by atoms with Crippen LogP contribution in [0.25, 0.3) is 10.9 Å². The molecule has 0 aliphatic carbocycles. The van der Waals surface area contributed by atoms with Crippen LogP contribution in [0.1, 0.15) is 12.5 Å². The summed E-state index contributed by atoms with van der Waals surface area (Å²) in [6.45, 7) is 4.55. The second kappa shape index (κ2) is 10.4. The molecule has 0 saturated carbocycles. The number of nitrogens with zero attached hydrogens (tertiary/aromatic N) is 1. The lowest BCUT2D eigenvalue weighted by Gasteiger charge is -2.11. The van der Waals surface area contributed by atoms with Gasteiger partial charge in [0.1, 0.15) is 6.54 Å². The molecule has 0 atom stereocenters. The maximum atomic E-state index is 11.7. The van der Waals surface area contributed by atoms with Crippen molar-refractivity contribution in [3.63, 3.8) is 0 Å². The predicted molar refractivity (Wildman–Crippen MR) is 101 cm³/mol. The van der Waals surface area contributed by atoms with Crippen molar-refractivity contribution in [3.8, 4) is 0 Å². The topological polar surface area (TPSA) is 90.5 Å². The number of hydrogen-bond donors (Lipinski definition) is 4. The van der Waals surface area contributed by atoms with Gasteiger partial charge in [0.05, 0.1) is 6.61 Å². The van der Waals surface area contributed by atoms with Gasteiger partial charge in [-0.2, -0.15) is 0 Å². The van der Waals surface area contributed by atoms with Crippen molar-refractivity contribution >= 4 is 22.8 Å². The van der Waals surface area contributed by atoms with Gasteiger partial charge in [0, 0.05) is 43.8 Å². The Balaban J connectivity index is 1.82. The second-order valence-corrected chi connectivity index (χ2v) is 5.57. The number of para-hydroxylation sites is 1. The molecular weight excluding hydrogens is 318 g/mol. The van der Waals surface area contributed by atoms with E-state index < -0.39 is 0 Å². The number of carbonyl (C=O) groups is 1. The zero-order valence-electron chi connectivity index (χ0n) is 14.9. The predicted octanol–water partition coefficient (Wildman–Crippen LogP) is 1.03. The van der Waals surface area contributed by atoms with Gasteiger partial charge in [-0.1, -0.05) is 18.2 Å². The minimum absolute atomic E-state index is 0.0894. The first-order chi connectivity index (χ1) is 12.2. The smallest absolute Gasteiger partial charge is 0.241 e. The lowest BCUT2D eigenvalue weighted by Crippen LogP contribution is -2.39. The number of aromatic amines is 1. The van der Waals surface area contributed by atoms with Gasteiger partial charge in [-0.25, -0.2) is 4.99 Å². The number of guanidine groups is 1. The standard InChI is InChI=1S/C18H27N5O2/c1-3-19-18(23-13-17(24)20-10-11-25-2)21-9-8-14-12-22-16-7-5-4-6-15(14)16/h4-7,12,22H,3,8-11,13H2,1-2H3,(H,20,24)(H2,19,21,23). The molecule has 0 aliphatic rings. The van der Waals surface area contributed by atoms with Gasteiger partial charge in [0.25, 0.3) is 0 Å². The molecule has 0 fully saturated rings. The average molecular weight is 345 g/mol. The Morgan fingerprint density at radius 1 is 1.20 bits per heavy atom. The number of benzene rings is 1. The van der Waals surface area contributed by atoms with Gasteiger partial charge < -0.3 is 25.7 Å². The number of amides is 1. The number of carbonyl (C=O) groups excluding carboxylic acids is 1. The summed E-state index contributed by atoms with van der Waals surface area (Å²) in [5, 5.41) is 10.4. The first-order valence-electron chi connectivity index (χ1n) is 8.57. The molecule has 0 unspecified atom stereocenters. The summed E-state index contributed by atoms with van der Waals surface area (Å²) >= 11 is 0. The van der Waals surface area contributed by atoms with E-state index in [-0.39, 0.29) is 12.5 Å². The molecule has 25 heavy (non-hydrogen) atoms. The summed E-state index contributed by atoms with van der Waals surface area (Å²) in [5.41, 5.74) is 2.40. The van der Waals surface area contributed by atoms with Crippen molar-refractivity contribution in [2.75, 3.05) is 39.9 Å². The minimum Gasteiger partial charge on any atom is -0.383 e. The number of aromatic nitrogens is 1. The Morgan fingerprint density at radius 3 is 2.84 bits per heavy atom. The fourth-order valence-corrected chi connectivity index (χ4v) is 2.50. The fourth-order valence-electron chi connectivity index (χ4n) is 2.50. The summed E-state index contributed by atoms with van der Waals surface area (Å²) in [6, 6.07) is 8.25. The van der Waals surface area contributed by atoms with Crippen LogP contribution in [0, 0.1) is 0 Å². The molecule has 1 aromatic carbocycles. The Bertz CT molecular complexity index is 696. The first kappa shape index (κ1) is 18.8. The number of ether oxygens (including phenoxy) is 1. The van der Waals surface area contributed by atoms with Gasteiger partial charge in [-0.05, 0) is 25.0 Å². The third-order valence-electron chi connectivity index (χ3n) is 3.72. The number of aliphatic imine (C=N–C) groups is 1. The molecule has 2 rings (SSSR count). The maximum absolute atomic E-state index is 11.7. The second-order valence-electron chi connectivity index (χ2n) is 5.57. The van der Waals surface area contributed by atoms with Crippen LogP contribution in [0.2, 0.25) is 0 Å². The number of fused-ring (bicyclic) bond motifs is 1. The van der Waals surface area contributed by atoms with Gasteiger partial charge in [0.15, 0.2) is 5.96 Å². The van der Waals surface area contributed by atoms with E-state index in [2.05, 4.69) is 38.1 Å². The third kappa shape index (κ3) is 6.11. The summed E-state index contributed by atoms with van der Waals surface area (Å²) in [5.74, 6) is 0.523. The summed E-state index contributed by atoms with van der Waals surface area (Å²) < 4.78 is 4.90. The number of H-pyrrole nitrogens is 1. The van der Waals surface area contributed by atoms with E-state index in [4.69, 9.17) is 4.74 Å². The molecular formula is C18H27N5O2. The molecule has 4 N–H and O–H groups in total. The molecule has 0 saturated heterocycles. The number of nitrogens with one attached hydrogen (secondary N) is 4. The largest absolute Gasteiger partial charge is 0.383 e. The number of rotatable bonds is 9. The Hall–Kier alpha value is -2.54. The lowest BCUT2D eigenvalue weighted by atomic mass is 10.1. The maximum Gasteiger partial charge on any atom is 0.241 e. The molecule has 0 bridgehead atoms. The zero-order chi connectivity index (χ0) is 17.9. The monoisotopic (exact) mass is 345 g/mol. The van der Waals surface area contributed by atoms with Crippen molar-refractivity contribution in [1.29, 1.82) is 0 Å². The van der Waals surface area contributed by atoms with Gasteiger partial charge in [-0.3, -0.25) is 4.79 Å². The van der Waals surface area contributed by atoms with Crippen molar-refractivity contribution in [3.05, 3.63) is 36.0 Å². The van der Waals surface area contributed by atoms with Crippen LogP contribution in [-0.2, 0) is 16.0 Å². The fraction of sp³-hybridized carbons (Fsp3) is 0.444. The Morgan fingerprint density at radius 2 is 2.04 bits per heavy atom. The van der Waals surface area contributed by atoms with Gasteiger partial charge >= 0.3 is 0 Å². The molecule has 7 heteroatoms. The molecule has 7 nitrogen and oxygen atoms in total. The minimum atomic E-state index is -0.120. The molecule has 136 valence electrons. The summed E-state index contributed by atoms with van der Waals surface area (Å²) in [4.78, 5) is 19.3. The van der Waals surface area contributed by atoms with Gasteiger partial charge in [0.2, 0.25) is 5.91 Å².